The number of hydrogen-bond donors (Lipinski definition) is 0. The standard InChI is InChI=1S/C25H28O5/c1-5-28-23(26)17-15-21-20(14-16-24(27)30-25(2,3)4)12-9-13-22(21)29-18-19-10-7-6-8-11-19/h6-17H,5,18H2,1-4H3. The van der Waals surface area contributed by atoms with Crippen molar-refractivity contribution in [3.05, 3.63) is 77.4 Å². The average Bonchev–Trinajstić information content (AvgIpc) is 2.69. The number of hydrogen-bond acceptors (Lipinski definition) is 5. The van der Waals surface area contributed by atoms with Gasteiger partial charge in [-0.2, -0.15) is 0 Å². The maximum atomic E-state index is 12.1. The Kier molecular flexibility index (Phi) is 8.41. The molecule has 0 N–H and O–H groups in total. The van der Waals surface area contributed by atoms with Crippen LogP contribution >= 0.6 is 0 Å². The summed E-state index contributed by atoms with van der Waals surface area (Å²) in [5, 5.41) is 0. The van der Waals surface area contributed by atoms with Gasteiger partial charge in [0.05, 0.1) is 6.61 Å². The summed E-state index contributed by atoms with van der Waals surface area (Å²) in [6.07, 6.45) is 5.99. The molecular weight excluding hydrogens is 380 g/mol. The quantitative estimate of drug-likeness (QED) is 0.444. The smallest absolute Gasteiger partial charge is 0.331 e. The first-order valence-corrected chi connectivity index (χ1v) is 9.84. The minimum absolute atomic E-state index is 0.292. The van der Waals surface area contributed by atoms with Crippen LogP contribution in [-0.4, -0.2) is 24.1 Å². The zero-order valence-electron chi connectivity index (χ0n) is 17.9. The van der Waals surface area contributed by atoms with Gasteiger partial charge in [-0.05, 0) is 57.0 Å². The summed E-state index contributed by atoms with van der Waals surface area (Å²) < 4.78 is 16.3. The van der Waals surface area contributed by atoms with E-state index in [0.29, 0.717) is 30.1 Å². The Morgan fingerprint density at radius 1 is 0.900 bits per heavy atom. The first-order valence-electron chi connectivity index (χ1n) is 9.84. The summed E-state index contributed by atoms with van der Waals surface area (Å²) in [7, 11) is 0. The highest BCUT2D eigenvalue weighted by atomic mass is 16.6. The van der Waals surface area contributed by atoms with Crippen molar-refractivity contribution in [2.45, 2.75) is 39.9 Å². The van der Waals surface area contributed by atoms with E-state index in [1.165, 1.54) is 12.2 Å². The van der Waals surface area contributed by atoms with Crippen molar-refractivity contribution in [3.8, 4) is 5.75 Å². The zero-order chi connectivity index (χ0) is 22.0. The van der Waals surface area contributed by atoms with E-state index in [4.69, 9.17) is 14.2 Å². The van der Waals surface area contributed by atoms with Gasteiger partial charge in [0.25, 0.3) is 0 Å². The van der Waals surface area contributed by atoms with E-state index in [1.54, 1.807) is 19.1 Å². The van der Waals surface area contributed by atoms with Crippen molar-refractivity contribution in [3.63, 3.8) is 0 Å². The molecule has 0 saturated heterocycles. The molecule has 0 bridgehead atoms. The highest BCUT2D eigenvalue weighted by Gasteiger charge is 2.14. The molecule has 0 amide bonds. The normalized spacial score (nSPS) is 11.6. The van der Waals surface area contributed by atoms with Crippen LogP contribution in [0.15, 0.2) is 60.7 Å². The fourth-order valence-electron chi connectivity index (χ4n) is 2.58. The van der Waals surface area contributed by atoms with Crippen molar-refractivity contribution in [2.24, 2.45) is 0 Å². The van der Waals surface area contributed by atoms with Crippen LogP contribution in [0.25, 0.3) is 12.2 Å². The van der Waals surface area contributed by atoms with Gasteiger partial charge in [0.1, 0.15) is 18.0 Å². The molecule has 5 heteroatoms. The topological polar surface area (TPSA) is 61.8 Å². The van der Waals surface area contributed by atoms with E-state index in [0.717, 1.165) is 5.56 Å². The van der Waals surface area contributed by atoms with E-state index < -0.39 is 17.5 Å². The lowest BCUT2D eigenvalue weighted by Gasteiger charge is -2.18. The fourth-order valence-corrected chi connectivity index (χ4v) is 2.58. The van der Waals surface area contributed by atoms with E-state index in [9.17, 15) is 9.59 Å². The van der Waals surface area contributed by atoms with E-state index in [-0.39, 0.29) is 0 Å². The maximum absolute atomic E-state index is 12.1. The van der Waals surface area contributed by atoms with E-state index in [2.05, 4.69) is 0 Å². The first-order chi connectivity index (χ1) is 14.3. The molecule has 0 aliphatic rings. The Bertz CT molecular complexity index is 905. The molecule has 0 heterocycles. The van der Waals surface area contributed by atoms with Gasteiger partial charge in [0, 0.05) is 17.7 Å². The molecule has 0 fully saturated rings. The summed E-state index contributed by atoms with van der Waals surface area (Å²) >= 11 is 0. The Morgan fingerprint density at radius 2 is 1.60 bits per heavy atom. The van der Waals surface area contributed by atoms with Gasteiger partial charge in [0.15, 0.2) is 0 Å². The van der Waals surface area contributed by atoms with Crippen LogP contribution in [0, 0.1) is 0 Å². The fraction of sp³-hybridized carbons (Fsp3) is 0.280. The average molecular weight is 408 g/mol. The van der Waals surface area contributed by atoms with Crippen LogP contribution in [0.5, 0.6) is 5.75 Å². The summed E-state index contributed by atoms with van der Waals surface area (Å²) in [5.74, 6) is -0.304. The SMILES string of the molecule is CCOC(=O)C=Cc1c(C=CC(=O)OC(C)(C)C)cccc1OCc1ccccc1. The predicted octanol–water partition coefficient (Wildman–Crippen LogP) is 5.20. The summed E-state index contributed by atoms with van der Waals surface area (Å²) in [6.45, 7) is 7.84. The lowest BCUT2D eigenvalue weighted by atomic mass is 10.0. The van der Waals surface area contributed by atoms with Crippen molar-refractivity contribution in [2.75, 3.05) is 6.61 Å². The van der Waals surface area contributed by atoms with Crippen molar-refractivity contribution in [1.82, 2.24) is 0 Å². The third-order valence-electron chi connectivity index (χ3n) is 3.82. The second-order valence-electron chi connectivity index (χ2n) is 7.49. The van der Waals surface area contributed by atoms with Gasteiger partial charge in [-0.3, -0.25) is 0 Å². The molecule has 0 saturated carbocycles. The summed E-state index contributed by atoms with van der Waals surface area (Å²) in [6, 6.07) is 15.3. The Labute approximate surface area is 178 Å². The van der Waals surface area contributed by atoms with Crippen molar-refractivity contribution in [1.29, 1.82) is 0 Å². The zero-order valence-corrected chi connectivity index (χ0v) is 17.9. The van der Waals surface area contributed by atoms with Crippen molar-refractivity contribution < 1.29 is 23.8 Å². The first kappa shape index (κ1) is 22.9. The van der Waals surface area contributed by atoms with Gasteiger partial charge in [-0.15, -0.1) is 0 Å². The monoisotopic (exact) mass is 408 g/mol. The van der Waals surface area contributed by atoms with Crippen LogP contribution in [-0.2, 0) is 25.7 Å². The Balaban J connectivity index is 2.30. The lowest BCUT2D eigenvalue weighted by Crippen LogP contribution is -2.22. The molecule has 0 atom stereocenters. The Hall–Kier alpha value is -3.34. The van der Waals surface area contributed by atoms with Crippen LogP contribution in [0.3, 0.4) is 0 Å². The number of carbonyl (C=O) groups excluding carboxylic acids is 2. The molecule has 2 aromatic rings. The molecule has 0 aromatic heterocycles. The largest absolute Gasteiger partial charge is 0.488 e. The summed E-state index contributed by atoms with van der Waals surface area (Å²) in [5.41, 5.74) is 1.83. The van der Waals surface area contributed by atoms with Crippen LogP contribution in [0.2, 0.25) is 0 Å². The molecule has 2 rings (SSSR count). The molecule has 0 aliphatic heterocycles. The Morgan fingerprint density at radius 3 is 2.27 bits per heavy atom. The molecule has 2 aromatic carbocycles. The minimum atomic E-state index is -0.575. The molecule has 0 radical (unpaired) electrons. The van der Waals surface area contributed by atoms with Gasteiger partial charge >= 0.3 is 11.9 Å². The lowest BCUT2D eigenvalue weighted by molar-refractivity contribution is -0.148. The number of benzene rings is 2. The number of esters is 2. The van der Waals surface area contributed by atoms with Gasteiger partial charge < -0.3 is 14.2 Å². The molecule has 30 heavy (non-hydrogen) atoms. The maximum Gasteiger partial charge on any atom is 0.331 e. The van der Waals surface area contributed by atoms with Gasteiger partial charge in [-0.1, -0.05) is 42.5 Å². The van der Waals surface area contributed by atoms with Crippen LogP contribution < -0.4 is 4.74 Å². The van der Waals surface area contributed by atoms with Gasteiger partial charge in [-0.25, -0.2) is 9.59 Å². The van der Waals surface area contributed by atoms with E-state index in [1.807, 2.05) is 69.3 Å². The third-order valence-corrected chi connectivity index (χ3v) is 3.82. The number of carbonyl (C=O) groups is 2. The third kappa shape index (κ3) is 7.95. The molecule has 0 spiro atoms. The molecular formula is C25H28O5. The molecule has 0 aliphatic carbocycles. The van der Waals surface area contributed by atoms with Crippen LogP contribution in [0.4, 0.5) is 0 Å². The predicted molar refractivity (Wildman–Crippen MR) is 118 cm³/mol. The number of ether oxygens (including phenoxy) is 3. The molecule has 5 nitrogen and oxygen atoms in total. The molecule has 158 valence electrons. The highest BCUT2D eigenvalue weighted by molar-refractivity contribution is 5.91. The second-order valence-corrected chi connectivity index (χ2v) is 7.49. The second kappa shape index (κ2) is 11.0. The highest BCUT2D eigenvalue weighted by Crippen LogP contribution is 2.26. The summed E-state index contributed by atoms with van der Waals surface area (Å²) in [4.78, 5) is 23.9. The van der Waals surface area contributed by atoms with Gasteiger partial charge in [0.2, 0.25) is 0 Å². The van der Waals surface area contributed by atoms with Crippen LogP contribution in [0.1, 0.15) is 44.4 Å². The minimum Gasteiger partial charge on any atom is -0.488 e. The van der Waals surface area contributed by atoms with E-state index >= 15 is 0 Å². The molecule has 0 unspecified atom stereocenters. The number of rotatable bonds is 8. The van der Waals surface area contributed by atoms with Crippen molar-refractivity contribution >= 4 is 24.1 Å².